The molecule has 0 saturated heterocycles. The van der Waals surface area contributed by atoms with E-state index in [0.717, 1.165) is 92.9 Å². The second-order valence-electron chi connectivity index (χ2n) is 17.6. The number of rotatable bonds is 8. The summed E-state index contributed by atoms with van der Waals surface area (Å²) in [5, 5.41) is 44.0. The van der Waals surface area contributed by atoms with Crippen LogP contribution in [0.5, 0.6) is 23.0 Å². The van der Waals surface area contributed by atoms with Gasteiger partial charge in [-0.1, -0.05) is 113 Å². The molecule has 4 aliphatic rings. The van der Waals surface area contributed by atoms with Gasteiger partial charge in [-0.15, -0.1) is 0 Å². The van der Waals surface area contributed by atoms with Gasteiger partial charge in [-0.2, -0.15) is 0 Å². The van der Waals surface area contributed by atoms with Gasteiger partial charge >= 0.3 is 0 Å². The fourth-order valence-corrected chi connectivity index (χ4v) is 11.5. The highest BCUT2D eigenvalue weighted by atomic mass is 16.3. The molecular formula is C49H60O4. The molecule has 0 amide bonds. The standard InChI is InChI=1S/C49H60O4/c1-33-27-38(15-19-44(33)50)48(25-8-9-26-48)39-16-20-45(51)37(30-39)29-34-11-10-14-36(28-34)43-32-41(18-22-47(43)53)49(23-6-3-7-24-49)40-17-21-46(52)42(31-40)35-12-4-2-5-13-35/h15-22,27,30-32,34-36,50-53H,2-14,23-26,28-29H2,1H3. The SMILES string of the molecule is Cc1cc(C2(c3ccc(O)c(CC4CCCC(c5cc(C6(c7ccc(O)c(C8CCCCC8)c7)CCCCC6)ccc5O)C4)c3)CCCC2)ccc1O. The Balaban J connectivity index is 1.07. The molecule has 2 atom stereocenters. The van der Waals surface area contributed by atoms with E-state index in [1.807, 2.05) is 31.2 Å². The van der Waals surface area contributed by atoms with Gasteiger partial charge in [0.2, 0.25) is 0 Å². The zero-order valence-corrected chi connectivity index (χ0v) is 31.9. The Hall–Kier alpha value is -3.92. The minimum atomic E-state index is -0.107. The highest BCUT2D eigenvalue weighted by Crippen LogP contribution is 2.51. The van der Waals surface area contributed by atoms with E-state index < -0.39 is 0 Å². The largest absolute Gasteiger partial charge is 0.508 e. The average Bonchev–Trinajstić information content (AvgIpc) is 3.69. The van der Waals surface area contributed by atoms with Gasteiger partial charge in [0.1, 0.15) is 23.0 Å². The Morgan fingerprint density at radius 2 is 0.943 bits per heavy atom. The maximum atomic E-state index is 11.5. The first-order valence-electron chi connectivity index (χ1n) is 21.0. The van der Waals surface area contributed by atoms with Crippen molar-refractivity contribution in [1.29, 1.82) is 0 Å². The lowest BCUT2D eigenvalue weighted by molar-refractivity contribution is 0.310. The molecule has 4 aromatic rings. The van der Waals surface area contributed by atoms with Crippen LogP contribution in [0.2, 0.25) is 0 Å². The zero-order chi connectivity index (χ0) is 36.6. The molecule has 53 heavy (non-hydrogen) atoms. The maximum absolute atomic E-state index is 11.5. The van der Waals surface area contributed by atoms with Gasteiger partial charge in [-0.05, 0) is 151 Å². The number of benzene rings is 4. The van der Waals surface area contributed by atoms with Crippen LogP contribution in [0, 0.1) is 12.8 Å². The first kappa shape index (κ1) is 36.1. The van der Waals surface area contributed by atoms with E-state index in [9.17, 15) is 20.4 Å². The Bertz CT molecular complexity index is 1910. The number of hydrogen-bond donors (Lipinski definition) is 4. The van der Waals surface area contributed by atoms with Crippen molar-refractivity contribution in [2.45, 2.75) is 152 Å². The van der Waals surface area contributed by atoms with E-state index in [1.54, 1.807) is 0 Å². The lowest BCUT2D eigenvalue weighted by Crippen LogP contribution is -2.31. The number of hydrogen-bond acceptors (Lipinski definition) is 4. The second kappa shape index (κ2) is 15.1. The molecule has 4 saturated carbocycles. The first-order valence-corrected chi connectivity index (χ1v) is 21.0. The van der Waals surface area contributed by atoms with Crippen LogP contribution in [0.3, 0.4) is 0 Å². The number of aromatic hydroxyl groups is 4. The molecule has 4 aliphatic carbocycles. The van der Waals surface area contributed by atoms with Crippen LogP contribution in [-0.2, 0) is 17.3 Å². The van der Waals surface area contributed by atoms with E-state index in [-0.39, 0.29) is 16.7 Å². The van der Waals surface area contributed by atoms with Gasteiger partial charge in [0.15, 0.2) is 0 Å². The summed E-state index contributed by atoms with van der Waals surface area (Å²) < 4.78 is 0. The quantitative estimate of drug-likeness (QED) is 0.147. The molecule has 0 radical (unpaired) electrons. The topological polar surface area (TPSA) is 80.9 Å². The second-order valence-corrected chi connectivity index (χ2v) is 17.6. The van der Waals surface area contributed by atoms with E-state index in [1.165, 1.54) is 73.6 Å². The third kappa shape index (κ3) is 6.96. The van der Waals surface area contributed by atoms with Crippen molar-refractivity contribution in [2.24, 2.45) is 5.92 Å². The molecule has 8 rings (SSSR count). The van der Waals surface area contributed by atoms with Gasteiger partial charge in [0, 0.05) is 10.8 Å². The molecule has 280 valence electrons. The molecule has 0 bridgehead atoms. The summed E-state index contributed by atoms with van der Waals surface area (Å²) in [6, 6.07) is 25.5. The summed E-state index contributed by atoms with van der Waals surface area (Å²) in [7, 11) is 0. The summed E-state index contributed by atoms with van der Waals surface area (Å²) >= 11 is 0. The third-order valence-electron chi connectivity index (χ3n) is 14.5. The molecule has 4 fully saturated rings. The van der Waals surface area contributed by atoms with Crippen LogP contribution in [0.15, 0.2) is 72.8 Å². The van der Waals surface area contributed by atoms with Gasteiger partial charge in [-0.3, -0.25) is 0 Å². The lowest BCUT2D eigenvalue weighted by Gasteiger charge is -2.40. The van der Waals surface area contributed by atoms with Crippen LogP contribution in [0.1, 0.15) is 172 Å². The molecule has 4 N–H and O–H groups in total. The van der Waals surface area contributed by atoms with Crippen LogP contribution in [-0.4, -0.2) is 20.4 Å². The maximum Gasteiger partial charge on any atom is 0.119 e. The Kier molecular flexibility index (Phi) is 10.3. The van der Waals surface area contributed by atoms with E-state index >= 15 is 0 Å². The summed E-state index contributed by atoms with van der Waals surface area (Å²) in [5.41, 5.74) is 9.20. The highest BCUT2D eigenvalue weighted by molar-refractivity contribution is 5.51. The summed E-state index contributed by atoms with van der Waals surface area (Å²) in [4.78, 5) is 0. The van der Waals surface area contributed by atoms with Crippen LogP contribution < -0.4 is 0 Å². The molecule has 4 heteroatoms. The van der Waals surface area contributed by atoms with Crippen molar-refractivity contribution >= 4 is 0 Å². The van der Waals surface area contributed by atoms with Gasteiger partial charge in [0.05, 0.1) is 0 Å². The predicted molar refractivity (Wildman–Crippen MR) is 215 cm³/mol. The first-order chi connectivity index (χ1) is 25.8. The zero-order valence-electron chi connectivity index (χ0n) is 31.9. The Labute approximate surface area is 317 Å². The van der Waals surface area contributed by atoms with Gasteiger partial charge < -0.3 is 20.4 Å². The van der Waals surface area contributed by atoms with Crippen LogP contribution >= 0.6 is 0 Å². The highest BCUT2D eigenvalue weighted by Gasteiger charge is 2.40. The summed E-state index contributed by atoms with van der Waals surface area (Å²) in [6.07, 6.45) is 21.6. The van der Waals surface area contributed by atoms with Crippen LogP contribution in [0.25, 0.3) is 0 Å². The normalized spacial score (nSPS) is 23.2. The van der Waals surface area contributed by atoms with Gasteiger partial charge in [-0.25, -0.2) is 0 Å². The number of phenols is 4. The van der Waals surface area contributed by atoms with Gasteiger partial charge in [0.25, 0.3) is 0 Å². The fraction of sp³-hybridized carbons (Fsp3) is 0.510. The molecule has 2 unspecified atom stereocenters. The average molecular weight is 713 g/mol. The minimum absolute atomic E-state index is 0.0913. The number of aryl methyl sites for hydroxylation is 1. The predicted octanol–water partition coefficient (Wildman–Crippen LogP) is 12.5. The molecule has 4 nitrogen and oxygen atoms in total. The Morgan fingerprint density at radius 3 is 1.55 bits per heavy atom. The molecular weight excluding hydrogens is 653 g/mol. The van der Waals surface area contributed by atoms with E-state index in [0.29, 0.717) is 34.8 Å². The fourth-order valence-electron chi connectivity index (χ4n) is 11.5. The molecule has 0 heterocycles. The van der Waals surface area contributed by atoms with E-state index in [4.69, 9.17) is 0 Å². The smallest absolute Gasteiger partial charge is 0.119 e. The van der Waals surface area contributed by atoms with Crippen molar-refractivity contribution in [2.75, 3.05) is 0 Å². The summed E-state index contributed by atoms with van der Waals surface area (Å²) in [6.45, 7) is 1.98. The van der Waals surface area contributed by atoms with Crippen molar-refractivity contribution in [3.05, 3.63) is 117 Å². The summed E-state index contributed by atoms with van der Waals surface area (Å²) in [5.74, 6) is 2.74. The monoisotopic (exact) mass is 712 g/mol. The van der Waals surface area contributed by atoms with Crippen molar-refractivity contribution in [1.82, 2.24) is 0 Å². The Morgan fingerprint density at radius 1 is 0.472 bits per heavy atom. The van der Waals surface area contributed by atoms with Crippen molar-refractivity contribution in [3.8, 4) is 23.0 Å². The molecule has 0 aliphatic heterocycles. The molecule has 0 spiro atoms. The molecule has 4 aromatic carbocycles. The van der Waals surface area contributed by atoms with Crippen molar-refractivity contribution < 1.29 is 20.4 Å². The minimum Gasteiger partial charge on any atom is -0.508 e. The van der Waals surface area contributed by atoms with Crippen molar-refractivity contribution in [3.63, 3.8) is 0 Å². The van der Waals surface area contributed by atoms with E-state index in [2.05, 4.69) is 48.5 Å². The molecule has 0 aromatic heterocycles. The number of phenolic OH excluding ortho intramolecular Hbond substituents is 4. The van der Waals surface area contributed by atoms with Crippen LogP contribution in [0.4, 0.5) is 0 Å². The lowest BCUT2D eigenvalue weighted by atomic mass is 9.64. The third-order valence-corrected chi connectivity index (χ3v) is 14.5.